The normalized spacial score (nSPS) is 20.3. The van der Waals surface area contributed by atoms with Crippen LogP contribution in [0.5, 0.6) is 0 Å². The lowest BCUT2D eigenvalue weighted by molar-refractivity contribution is -0.00546. The average molecular weight is 344 g/mol. The Morgan fingerprint density at radius 3 is 2.64 bits per heavy atom. The van der Waals surface area contributed by atoms with Crippen LogP contribution in [0.1, 0.15) is 25.1 Å². The van der Waals surface area contributed by atoms with Crippen molar-refractivity contribution in [3.8, 4) is 0 Å². The number of morpholine rings is 1. The van der Waals surface area contributed by atoms with Crippen LogP contribution in [-0.4, -0.2) is 46.5 Å². The van der Waals surface area contributed by atoms with Gasteiger partial charge in [-0.25, -0.2) is 9.78 Å². The maximum Gasteiger partial charge on any atom is 0.315 e. The molecule has 8 nitrogen and oxygen atoms in total. The third kappa shape index (κ3) is 4.93. The molecule has 0 unspecified atom stereocenters. The van der Waals surface area contributed by atoms with Gasteiger partial charge in [-0.05, 0) is 31.5 Å². The molecule has 1 aliphatic rings. The van der Waals surface area contributed by atoms with Gasteiger partial charge in [-0.1, -0.05) is 6.07 Å². The number of nitrogens with one attached hydrogen (secondary N) is 3. The van der Waals surface area contributed by atoms with E-state index < -0.39 is 0 Å². The standard InChI is InChI=1S/C17H24N6O2/c1-12-10-23(11-13(2)25-12)16-4-3-14(7-18-16)8-19-17(24)20-9-15-5-6-21-22-15/h3-7,12-13H,8-11H2,1-2H3,(H,21,22)(H2,19,20,24)/t12-,13-/m0/s1. The first-order valence-electron chi connectivity index (χ1n) is 8.45. The van der Waals surface area contributed by atoms with Crippen molar-refractivity contribution in [2.45, 2.75) is 39.1 Å². The number of anilines is 1. The monoisotopic (exact) mass is 344 g/mol. The van der Waals surface area contributed by atoms with Crippen molar-refractivity contribution in [2.24, 2.45) is 0 Å². The van der Waals surface area contributed by atoms with Gasteiger partial charge >= 0.3 is 6.03 Å². The van der Waals surface area contributed by atoms with Crippen LogP contribution in [0.3, 0.4) is 0 Å². The van der Waals surface area contributed by atoms with E-state index in [1.54, 1.807) is 12.4 Å². The third-order valence-corrected chi connectivity index (χ3v) is 4.00. The van der Waals surface area contributed by atoms with Crippen LogP contribution in [0, 0.1) is 0 Å². The number of aromatic amines is 1. The predicted molar refractivity (Wildman–Crippen MR) is 94.1 cm³/mol. The fourth-order valence-corrected chi connectivity index (χ4v) is 2.88. The Hall–Kier alpha value is -2.61. The van der Waals surface area contributed by atoms with Crippen LogP contribution < -0.4 is 15.5 Å². The first-order valence-corrected chi connectivity index (χ1v) is 8.45. The predicted octanol–water partition coefficient (Wildman–Crippen LogP) is 1.42. The van der Waals surface area contributed by atoms with Crippen LogP contribution in [-0.2, 0) is 17.8 Å². The third-order valence-electron chi connectivity index (χ3n) is 4.00. The molecule has 2 aromatic rings. The fourth-order valence-electron chi connectivity index (χ4n) is 2.88. The first kappa shape index (κ1) is 17.2. The van der Waals surface area contributed by atoms with E-state index in [-0.39, 0.29) is 18.2 Å². The summed E-state index contributed by atoms with van der Waals surface area (Å²) < 4.78 is 5.75. The van der Waals surface area contributed by atoms with Gasteiger partial charge in [-0.2, -0.15) is 5.10 Å². The Balaban J connectivity index is 1.46. The van der Waals surface area contributed by atoms with Crippen LogP contribution >= 0.6 is 0 Å². The highest BCUT2D eigenvalue weighted by Crippen LogP contribution is 2.18. The molecule has 2 atom stereocenters. The highest BCUT2D eigenvalue weighted by atomic mass is 16.5. The summed E-state index contributed by atoms with van der Waals surface area (Å²) in [5, 5.41) is 12.2. The van der Waals surface area contributed by atoms with Gasteiger partial charge in [-0.3, -0.25) is 5.10 Å². The van der Waals surface area contributed by atoms with E-state index in [1.807, 2.05) is 18.2 Å². The van der Waals surface area contributed by atoms with Crippen molar-refractivity contribution in [3.05, 3.63) is 41.9 Å². The number of carbonyl (C=O) groups is 1. The minimum atomic E-state index is -0.227. The van der Waals surface area contributed by atoms with E-state index in [0.29, 0.717) is 13.1 Å². The Morgan fingerprint density at radius 1 is 1.24 bits per heavy atom. The van der Waals surface area contributed by atoms with Crippen molar-refractivity contribution in [2.75, 3.05) is 18.0 Å². The maximum atomic E-state index is 11.8. The topological polar surface area (TPSA) is 95.2 Å². The van der Waals surface area contributed by atoms with Crippen molar-refractivity contribution in [1.82, 2.24) is 25.8 Å². The van der Waals surface area contributed by atoms with Crippen LogP contribution in [0.4, 0.5) is 10.6 Å². The molecular formula is C17H24N6O2. The lowest BCUT2D eigenvalue weighted by Gasteiger charge is -2.36. The lowest BCUT2D eigenvalue weighted by atomic mass is 10.2. The van der Waals surface area contributed by atoms with Crippen LogP contribution in [0.2, 0.25) is 0 Å². The molecule has 3 heterocycles. The number of amides is 2. The second kappa shape index (κ2) is 7.98. The molecule has 3 rings (SSSR count). The highest BCUT2D eigenvalue weighted by molar-refractivity contribution is 5.73. The van der Waals surface area contributed by atoms with E-state index in [9.17, 15) is 4.79 Å². The SMILES string of the molecule is C[C@H]1CN(c2ccc(CNC(=O)NCc3ccn[nH]3)cn2)C[C@H](C)O1. The van der Waals surface area contributed by atoms with E-state index in [4.69, 9.17) is 4.74 Å². The summed E-state index contributed by atoms with van der Waals surface area (Å²) in [6.07, 6.45) is 3.85. The lowest BCUT2D eigenvalue weighted by Crippen LogP contribution is -2.45. The van der Waals surface area contributed by atoms with Gasteiger partial charge in [0.1, 0.15) is 5.82 Å². The number of rotatable bonds is 5. The molecule has 2 aromatic heterocycles. The molecule has 1 aliphatic heterocycles. The van der Waals surface area contributed by atoms with E-state index in [2.05, 4.69) is 44.6 Å². The zero-order valence-corrected chi connectivity index (χ0v) is 14.5. The summed E-state index contributed by atoms with van der Waals surface area (Å²) in [4.78, 5) is 18.5. The first-order chi connectivity index (χ1) is 12.1. The van der Waals surface area contributed by atoms with Gasteiger partial charge in [0.15, 0.2) is 0 Å². The molecule has 25 heavy (non-hydrogen) atoms. The molecule has 134 valence electrons. The zero-order valence-electron chi connectivity index (χ0n) is 14.5. The highest BCUT2D eigenvalue weighted by Gasteiger charge is 2.22. The molecule has 0 spiro atoms. The zero-order chi connectivity index (χ0) is 17.6. The molecule has 0 aromatic carbocycles. The average Bonchev–Trinajstić information content (AvgIpc) is 3.11. The summed E-state index contributed by atoms with van der Waals surface area (Å²) in [5.74, 6) is 0.939. The van der Waals surface area contributed by atoms with Gasteiger partial charge in [-0.15, -0.1) is 0 Å². The summed E-state index contributed by atoms with van der Waals surface area (Å²) >= 11 is 0. The fraction of sp³-hybridized carbons (Fsp3) is 0.471. The smallest absolute Gasteiger partial charge is 0.315 e. The summed E-state index contributed by atoms with van der Waals surface area (Å²) in [6, 6.07) is 5.57. The Morgan fingerprint density at radius 2 is 2.00 bits per heavy atom. The van der Waals surface area contributed by atoms with Crippen molar-refractivity contribution < 1.29 is 9.53 Å². The number of urea groups is 1. The van der Waals surface area contributed by atoms with E-state index >= 15 is 0 Å². The van der Waals surface area contributed by atoms with Crippen molar-refractivity contribution >= 4 is 11.8 Å². The number of hydrogen-bond acceptors (Lipinski definition) is 5. The minimum Gasteiger partial charge on any atom is -0.372 e. The number of H-pyrrole nitrogens is 1. The van der Waals surface area contributed by atoms with Crippen LogP contribution in [0.25, 0.3) is 0 Å². The summed E-state index contributed by atoms with van der Waals surface area (Å²) in [5.41, 5.74) is 1.81. The Labute approximate surface area is 147 Å². The largest absolute Gasteiger partial charge is 0.372 e. The van der Waals surface area contributed by atoms with Gasteiger partial charge < -0.3 is 20.3 Å². The number of ether oxygens (including phenoxy) is 1. The van der Waals surface area contributed by atoms with Crippen LogP contribution in [0.15, 0.2) is 30.6 Å². The number of aromatic nitrogens is 3. The number of hydrogen-bond donors (Lipinski definition) is 3. The molecule has 0 saturated carbocycles. The molecule has 0 aliphatic carbocycles. The van der Waals surface area contributed by atoms with Crippen molar-refractivity contribution in [1.29, 1.82) is 0 Å². The number of nitrogens with zero attached hydrogens (tertiary/aromatic N) is 3. The molecule has 3 N–H and O–H groups in total. The number of pyridine rings is 1. The van der Waals surface area contributed by atoms with E-state index in [1.165, 1.54) is 0 Å². The maximum absolute atomic E-state index is 11.8. The molecule has 0 bridgehead atoms. The molecule has 0 radical (unpaired) electrons. The molecule has 1 fully saturated rings. The van der Waals surface area contributed by atoms with Gasteiger partial charge in [0.05, 0.1) is 24.4 Å². The van der Waals surface area contributed by atoms with Gasteiger partial charge in [0.25, 0.3) is 0 Å². The summed E-state index contributed by atoms with van der Waals surface area (Å²) in [7, 11) is 0. The quantitative estimate of drug-likeness (QED) is 0.762. The van der Waals surface area contributed by atoms with Gasteiger partial charge in [0.2, 0.25) is 0 Å². The molecule has 1 saturated heterocycles. The number of carbonyl (C=O) groups excluding carboxylic acids is 1. The Bertz CT molecular complexity index is 663. The Kier molecular flexibility index (Phi) is 5.49. The minimum absolute atomic E-state index is 0.200. The second-order valence-corrected chi connectivity index (χ2v) is 6.31. The molecule has 8 heteroatoms. The molecular weight excluding hydrogens is 320 g/mol. The van der Waals surface area contributed by atoms with Crippen molar-refractivity contribution in [3.63, 3.8) is 0 Å². The molecule has 2 amide bonds. The second-order valence-electron chi connectivity index (χ2n) is 6.31. The summed E-state index contributed by atoms with van der Waals surface area (Å²) in [6.45, 7) is 6.66. The van der Waals surface area contributed by atoms with Gasteiger partial charge in [0, 0.05) is 32.0 Å². The van der Waals surface area contributed by atoms with E-state index in [0.717, 1.165) is 30.2 Å².